The summed E-state index contributed by atoms with van der Waals surface area (Å²) in [7, 11) is -1.57. The van der Waals surface area contributed by atoms with Crippen molar-refractivity contribution in [1.29, 1.82) is 0 Å². The van der Waals surface area contributed by atoms with Crippen molar-refractivity contribution < 1.29 is 13.2 Å². The number of amides is 2. The van der Waals surface area contributed by atoms with Crippen molar-refractivity contribution in [2.24, 2.45) is 0 Å². The summed E-state index contributed by atoms with van der Waals surface area (Å²) in [4.78, 5) is 21.8. The SMILES string of the molecule is CN1CCN(S(=O)(=O)c2cnc(NC(=O)N(C3CCCCC3)C3CCCCC3)s2)CC1. The summed E-state index contributed by atoms with van der Waals surface area (Å²) in [6, 6.07) is 0.451. The highest BCUT2D eigenvalue weighted by Gasteiger charge is 2.34. The van der Waals surface area contributed by atoms with Crippen LogP contribution < -0.4 is 5.32 Å². The number of rotatable bonds is 5. The molecule has 8 nitrogen and oxygen atoms in total. The lowest BCUT2D eigenvalue weighted by atomic mass is 9.89. The quantitative estimate of drug-likeness (QED) is 0.712. The number of aromatic nitrogens is 1. The van der Waals surface area contributed by atoms with Crippen LogP contribution in [-0.2, 0) is 10.0 Å². The standard InChI is InChI=1S/C21H35N5O3S2/c1-24-12-14-25(15-13-24)31(28,29)19-16-22-20(30-19)23-21(27)26(17-8-4-2-5-9-17)18-10-6-3-7-11-18/h16-18H,2-15H2,1H3,(H,22,23,27). The Bertz CT molecular complexity index is 821. The summed E-state index contributed by atoms with van der Waals surface area (Å²) in [5, 5.41) is 3.31. The molecule has 0 unspecified atom stereocenters. The van der Waals surface area contributed by atoms with E-state index in [4.69, 9.17) is 0 Å². The fraction of sp³-hybridized carbons (Fsp3) is 0.810. The largest absolute Gasteiger partial charge is 0.324 e. The van der Waals surface area contributed by atoms with E-state index in [1.54, 1.807) is 0 Å². The van der Waals surface area contributed by atoms with Gasteiger partial charge in [0.1, 0.15) is 0 Å². The fourth-order valence-corrected chi connectivity index (χ4v) is 7.69. The number of piperazine rings is 1. The van der Waals surface area contributed by atoms with E-state index in [0.717, 1.165) is 50.1 Å². The van der Waals surface area contributed by atoms with Gasteiger partial charge in [0.15, 0.2) is 9.34 Å². The highest BCUT2D eigenvalue weighted by molar-refractivity contribution is 7.91. The average molecular weight is 470 g/mol. The summed E-state index contributed by atoms with van der Waals surface area (Å²) >= 11 is 1.06. The number of nitrogens with zero attached hydrogens (tertiary/aromatic N) is 4. The summed E-state index contributed by atoms with van der Waals surface area (Å²) in [6.07, 6.45) is 12.8. The maximum Gasteiger partial charge on any atom is 0.324 e. The van der Waals surface area contributed by atoms with E-state index in [0.29, 0.717) is 18.2 Å². The Hall–Kier alpha value is -1.23. The highest BCUT2D eigenvalue weighted by Crippen LogP contribution is 2.32. The Kier molecular flexibility index (Phi) is 7.51. The van der Waals surface area contributed by atoms with E-state index in [-0.39, 0.29) is 22.3 Å². The average Bonchev–Trinajstić information content (AvgIpc) is 3.25. The van der Waals surface area contributed by atoms with Crippen LogP contribution in [-0.4, -0.2) is 78.8 Å². The highest BCUT2D eigenvalue weighted by atomic mass is 32.2. The number of anilines is 1. The van der Waals surface area contributed by atoms with Crippen LogP contribution in [0.25, 0.3) is 0 Å². The van der Waals surface area contributed by atoms with Crippen LogP contribution in [0.2, 0.25) is 0 Å². The molecule has 1 aromatic rings. The summed E-state index contributed by atoms with van der Waals surface area (Å²) in [5.41, 5.74) is 0. The molecule has 3 fully saturated rings. The number of carbonyl (C=O) groups excluding carboxylic acids is 1. The second kappa shape index (κ2) is 10.1. The van der Waals surface area contributed by atoms with Crippen molar-refractivity contribution in [1.82, 2.24) is 19.1 Å². The van der Waals surface area contributed by atoms with Gasteiger partial charge in [-0.05, 0) is 32.7 Å². The molecule has 1 N–H and O–H groups in total. The van der Waals surface area contributed by atoms with Crippen molar-refractivity contribution in [3.05, 3.63) is 6.20 Å². The molecule has 31 heavy (non-hydrogen) atoms. The molecule has 0 radical (unpaired) electrons. The minimum absolute atomic E-state index is 0.114. The molecule has 10 heteroatoms. The van der Waals surface area contributed by atoms with Gasteiger partial charge in [-0.25, -0.2) is 18.2 Å². The maximum atomic E-state index is 13.3. The van der Waals surface area contributed by atoms with E-state index in [1.165, 1.54) is 49.0 Å². The van der Waals surface area contributed by atoms with E-state index >= 15 is 0 Å². The number of thiazole rings is 1. The van der Waals surface area contributed by atoms with Gasteiger partial charge in [-0.15, -0.1) is 0 Å². The predicted molar refractivity (Wildman–Crippen MR) is 123 cm³/mol. The zero-order chi connectivity index (χ0) is 21.8. The van der Waals surface area contributed by atoms with Crippen LogP contribution in [0.5, 0.6) is 0 Å². The van der Waals surface area contributed by atoms with Gasteiger partial charge in [0, 0.05) is 38.3 Å². The molecule has 0 spiro atoms. The van der Waals surface area contributed by atoms with Crippen LogP contribution in [0.3, 0.4) is 0 Å². The zero-order valence-corrected chi connectivity index (χ0v) is 20.1. The third-order valence-corrected chi connectivity index (χ3v) is 10.2. The van der Waals surface area contributed by atoms with Crippen LogP contribution in [0.15, 0.2) is 10.4 Å². The first kappa shape index (κ1) is 22.9. The van der Waals surface area contributed by atoms with Gasteiger partial charge in [0.25, 0.3) is 10.0 Å². The number of hydrogen-bond acceptors (Lipinski definition) is 6. The topological polar surface area (TPSA) is 85.9 Å². The fourth-order valence-electron chi connectivity index (χ4n) is 5.10. The van der Waals surface area contributed by atoms with Crippen molar-refractivity contribution in [3.63, 3.8) is 0 Å². The molecule has 0 atom stereocenters. The molecule has 1 saturated heterocycles. The van der Waals surface area contributed by atoms with Gasteiger partial charge in [-0.1, -0.05) is 49.9 Å². The van der Waals surface area contributed by atoms with Crippen LogP contribution in [0.4, 0.5) is 9.93 Å². The van der Waals surface area contributed by atoms with Gasteiger partial charge in [0.2, 0.25) is 0 Å². The Morgan fingerprint density at radius 1 is 1.00 bits per heavy atom. The lowest BCUT2D eigenvalue weighted by Gasteiger charge is -2.41. The van der Waals surface area contributed by atoms with Crippen molar-refractivity contribution >= 4 is 32.5 Å². The van der Waals surface area contributed by atoms with Gasteiger partial charge in [0.05, 0.1) is 6.20 Å². The van der Waals surface area contributed by atoms with Gasteiger partial charge in [-0.2, -0.15) is 4.31 Å². The van der Waals surface area contributed by atoms with E-state index in [2.05, 4.69) is 20.1 Å². The van der Waals surface area contributed by atoms with Gasteiger partial charge >= 0.3 is 6.03 Å². The number of sulfonamides is 1. The van der Waals surface area contributed by atoms with Gasteiger partial charge in [-0.3, -0.25) is 5.32 Å². The van der Waals surface area contributed by atoms with Crippen LogP contribution in [0.1, 0.15) is 64.2 Å². The first-order chi connectivity index (χ1) is 14.9. The van der Waals surface area contributed by atoms with Crippen molar-refractivity contribution in [2.45, 2.75) is 80.5 Å². The van der Waals surface area contributed by atoms with E-state index in [1.807, 2.05) is 7.05 Å². The zero-order valence-electron chi connectivity index (χ0n) is 18.5. The van der Waals surface area contributed by atoms with Gasteiger partial charge < -0.3 is 9.80 Å². The summed E-state index contributed by atoms with van der Waals surface area (Å²) in [5.74, 6) is 0. The van der Waals surface area contributed by atoms with Crippen molar-refractivity contribution in [2.75, 3.05) is 38.5 Å². The monoisotopic (exact) mass is 469 g/mol. The smallest absolute Gasteiger partial charge is 0.319 e. The molecule has 0 aromatic carbocycles. The Labute approximate surface area is 190 Å². The molecule has 4 rings (SSSR count). The third kappa shape index (κ3) is 5.40. The second-order valence-electron chi connectivity index (χ2n) is 9.11. The molecular weight excluding hydrogens is 434 g/mol. The lowest BCUT2D eigenvalue weighted by Crippen LogP contribution is -2.50. The number of carbonyl (C=O) groups is 1. The molecule has 2 heterocycles. The number of hydrogen-bond donors (Lipinski definition) is 1. The molecular formula is C21H35N5O3S2. The van der Waals surface area contributed by atoms with Crippen molar-refractivity contribution in [3.8, 4) is 0 Å². The minimum atomic E-state index is -3.56. The maximum absolute atomic E-state index is 13.3. The lowest BCUT2D eigenvalue weighted by molar-refractivity contribution is 0.114. The Morgan fingerprint density at radius 3 is 2.10 bits per heavy atom. The molecule has 174 valence electrons. The number of urea groups is 1. The molecule has 2 amide bonds. The Balaban J connectivity index is 1.46. The third-order valence-electron chi connectivity index (χ3n) is 6.93. The molecule has 2 aliphatic carbocycles. The normalized spacial score (nSPS) is 23.0. The van der Waals surface area contributed by atoms with Crippen LogP contribution in [0, 0.1) is 0 Å². The molecule has 0 bridgehead atoms. The first-order valence-corrected chi connectivity index (χ1v) is 13.9. The Morgan fingerprint density at radius 2 is 1.55 bits per heavy atom. The predicted octanol–water partition coefficient (Wildman–Crippen LogP) is 3.58. The van der Waals surface area contributed by atoms with E-state index in [9.17, 15) is 13.2 Å². The van der Waals surface area contributed by atoms with E-state index < -0.39 is 10.0 Å². The number of likely N-dealkylation sites (N-methyl/N-ethyl adjacent to an activating group) is 1. The summed E-state index contributed by atoms with van der Waals surface area (Å²) in [6.45, 7) is 2.41. The molecule has 3 aliphatic rings. The number of nitrogens with one attached hydrogen (secondary N) is 1. The first-order valence-electron chi connectivity index (χ1n) is 11.7. The molecule has 2 saturated carbocycles. The minimum Gasteiger partial charge on any atom is -0.319 e. The van der Waals surface area contributed by atoms with Crippen LogP contribution >= 0.6 is 11.3 Å². The molecule has 1 aliphatic heterocycles. The summed E-state index contributed by atoms with van der Waals surface area (Å²) < 4.78 is 27.7. The second-order valence-corrected chi connectivity index (χ2v) is 12.3. The molecule has 1 aromatic heterocycles.